The van der Waals surface area contributed by atoms with Gasteiger partial charge in [0, 0.05) is 48.7 Å². The normalized spacial score (nSPS) is 13.8. The third-order valence-electron chi connectivity index (χ3n) is 4.75. The maximum atomic E-state index is 12.6. The fourth-order valence-corrected chi connectivity index (χ4v) is 3.28. The summed E-state index contributed by atoms with van der Waals surface area (Å²) < 4.78 is 0. The van der Waals surface area contributed by atoms with Crippen molar-refractivity contribution in [2.24, 2.45) is 0 Å². The van der Waals surface area contributed by atoms with Crippen LogP contribution in [0.1, 0.15) is 37.0 Å². The summed E-state index contributed by atoms with van der Waals surface area (Å²) >= 11 is 0. The van der Waals surface area contributed by atoms with Crippen molar-refractivity contribution >= 4 is 28.9 Å². The minimum absolute atomic E-state index is 0.120. The number of rotatable bonds is 6. The highest BCUT2D eigenvalue weighted by atomic mass is 16.2. The van der Waals surface area contributed by atoms with E-state index in [9.17, 15) is 9.59 Å². The average molecular weight is 351 g/mol. The van der Waals surface area contributed by atoms with Gasteiger partial charge in [0.25, 0.3) is 5.91 Å². The molecule has 1 aliphatic heterocycles. The van der Waals surface area contributed by atoms with Crippen molar-refractivity contribution < 1.29 is 9.59 Å². The zero-order valence-corrected chi connectivity index (χ0v) is 15.4. The molecule has 0 atom stereocenters. The van der Waals surface area contributed by atoms with E-state index in [4.69, 9.17) is 0 Å². The van der Waals surface area contributed by atoms with E-state index in [0.717, 1.165) is 43.1 Å². The highest BCUT2D eigenvalue weighted by molar-refractivity contribution is 6.05. The summed E-state index contributed by atoms with van der Waals surface area (Å²) in [5.74, 6) is -0.0522. The monoisotopic (exact) mass is 351 g/mol. The molecule has 1 N–H and O–H groups in total. The van der Waals surface area contributed by atoms with Crippen molar-refractivity contribution in [1.29, 1.82) is 0 Å². The first kappa shape index (κ1) is 18.0. The molecule has 0 aromatic heterocycles. The highest BCUT2D eigenvalue weighted by Gasteiger charge is 2.22. The Bertz CT molecular complexity index is 782. The van der Waals surface area contributed by atoms with Gasteiger partial charge in [0.05, 0.1) is 0 Å². The molecule has 5 heteroatoms. The molecule has 1 heterocycles. The predicted molar refractivity (Wildman–Crippen MR) is 106 cm³/mol. The lowest BCUT2D eigenvalue weighted by Gasteiger charge is -2.21. The Morgan fingerprint density at radius 3 is 2.46 bits per heavy atom. The van der Waals surface area contributed by atoms with Crippen LogP contribution in [0.4, 0.5) is 17.1 Å². The molecule has 0 aliphatic carbocycles. The van der Waals surface area contributed by atoms with Gasteiger partial charge in [-0.05, 0) is 62.7 Å². The molecule has 2 amide bonds. The number of nitrogens with zero attached hydrogens (tertiary/aromatic N) is 2. The first-order valence-electron chi connectivity index (χ1n) is 9.19. The second kappa shape index (κ2) is 8.04. The van der Waals surface area contributed by atoms with Crippen molar-refractivity contribution in [2.75, 3.05) is 34.8 Å². The van der Waals surface area contributed by atoms with Crippen LogP contribution in [0.2, 0.25) is 0 Å². The number of anilines is 3. The first-order valence-corrected chi connectivity index (χ1v) is 9.19. The molecule has 0 saturated carbocycles. The van der Waals surface area contributed by atoms with Crippen molar-refractivity contribution in [1.82, 2.24) is 0 Å². The number of amides is 2. The molecular formula is C21H25N3O2. The van der Waals surface area contributed by atoms with Crippen LogP contribution < -0.4 is 15.1 Å². The molecular weight excluding hydrogens is 326 g/mol. The molecule has 3 rings (SSSR count). The third-order valence-corrected chi connectivity index (χ3v) is 4.75. The van der Waals surface area contributed by atoms with Crippen LogP contribution >= 0.6 is 0 Å². The summed E-state index contributed by atoms with van der Waals surface area (Å²) in [6.45, 7) is 6.86. The fourth-order valence-electron chi connectivity index (χ4n) is 3.28. The molecule has 2 aromatic rings. The van der Waals surface area contributed by atoms with Crippen molar-refractivity contribution in [3.05, 3.63) is 54.1 Å². The molecule has 1 fully saturated rings. The van der Waals surface area contributed by atoms with E-state index in [1.54, 1.807) is 17.0 Å². The third kappa shape index (κ3) is 3.87. The van der Waals surface area contributed by atoms with Crippen LogP contribution in [-0.2, 0) is 4.79 Å². The van der Waals surface area contributed by atoms with Crippen molar-refractivity contribution in [3.63, 3.8) is 0 Å². The number of nitrogens with one attached hydrogen (secondary N) is 1. The van der Waals surface area contributed by atoms with Crippen LogP contribution in [0.25, 0.3) is 0 Å². The lowest BCUT2D eigenvalue weighted by molar-refractivity contribution is -0.117. The smallest absolute Gasteiger partial charge is 0.255 e. The van der Waals surface area contributed by atoms with Crippen molar-refractivity contribution in [3.8, 4) is 0 Å². The van der Waals surface area contributed by atoms with E-state index in [1.807, 2.05) is 36.4 Å². The first-order chi connectivity index (χ1) is 12.6. The fraction of sp³-hybridized carbons (Fsp3) is 0.333. The number of hydrogen-bond acceptors (Lipinski definition) is 3. The maximum Gasteiger partial charge on any atom is 0.255 e. The minimum atomic E-state index is -0.172. The predicted octanol–water partition coefficient (Wildman–Crippen LogP) is 3.91. The summed E-state index contributed by atoms with van der Waals surface area (Å²) in [6.07, 6.45) is 1.45. The van der Waals surface area contributed by atoms with E-state index in [1.165, 1.54) is 0 Å². The number of hydrogen-bond donors (Lipinski definition) is 1. The lowest BCUT2D eigenvalue weighted by atomic mass is 10.1. The van der Waals surface area contributed by atoms with Gasteiger partial charge < -0.3 is 15.1 Å². The molecule has 0 spiro atoms. The van der Waals surface area contributed by atoms with Crippen LogP contribution in [0, 0.1) is 0 Å². The minimum Gasteiger partial charge on any atom is -0.372 e. The zero-order chi connectivity index (χ0) is 18.5. The van der Waals surface area contributed by atoms with Gasteiger partial charge in [0.1, 0.15) is 0 Å². The van der Waals surface area contributed by atoms with Gasteiger partial charge in [-0.2, -0.15) is 0 Å². The molecule has 136 valence electrons. The number of carbonyl (C=O) groups is 2. The van der Waals surface area contributed by atoms with Crippen molar-refractivity contribution in [2.45, 2.75) is 26.7 Å². The summed E-state index contributed by atoms with van der Waals surface area (Å²) in [7, 11) is 0. The Morgan fingerprint density at radius 1 is 1.12 bits per heavy atom. The van der Waals surface area contributed by atoms with Gasteiger partial charge >= 0.3 is 0 Å². The SMILES string of the molecule is CCN(CC)c1ccc(NC(=O)c2cccc(N3CCCC3=O)c2)cc1. The Kier molecular flexibility index (Phi) is 5.56. The Morgan fingerprint density at radius 2 is 1.85 bits per heavy atom. The van der Waals surface area contributed by atoms with Gasteiger partial charge in [-0.15, -0.1) is 0 Å². The topological polar surface area (TPSA) is 52.7 Å². The van der Waals surface area contributed by atoms with Crippen LogP contribution in [-0.4, -0.2) is 31.4 Å². The van der Waals surface area contributed by atoms with E-state index in [2.05, 4.69) is 24.1 Å². The summed E-state index contributed by atoms with van der Waals surface area (Å²) in [6, 6.07) is 15.1. The Hall–Kier alpha value is -2.82. The van der Waals surface area contributed by atoms with E-state index in [0.29, 0.717) is 12.0 Å². The second-order valence-electron chi connectivity index (χ2n) is 6.37. The van der Waals surface area contributed by atoms with Gasteiger partial charge in [-0.3, -0.25) is 9.59 Å². The summed E-state index contributed by atoms with van der Waals surface area (Å²) in [5, 5.41) is 2.93. The largest absolute Gasteiger partial charge is 0.372 e. The average Bonchev–Trinajstić information content (AvgIpc) is 3.10. The zero-order valence-electron chi connectivity index (χ0n) is 15.4. The molecule has 5 nitrogen and oxygen atoms in total. The van der Waals surface area contributed by atoms with E-state index >= 15 is 0 Å². The van der Waals surface area contributed by atoms with E-state index < -0.39 is 0 Å². The second-order valence-corrected chi connectivity index (χ2v) is 6.37. The Labute approximate surface area is 154 Å². The van der Waals surface area contributed by atoms with Crippen LogP contribution in [0.15, 0.2) is 48.5 Å². The lowest BCUT2D eigenvalue weighted by Crippen LogP contribution is -2.24. The highest BCUT2D eigenvalue weighted by Crippen LogP contribution is 2.23. The number of carbonyl (C=O) groups excluding carboxylic acids is 2. The van der Waals surface area contributed by atoms with Gasteiger partial charge in [0.2, 0.25) is 5.91 Å². The Balaban J connectivity index is 1.71. The maximum absolute atomic E-state index is 12.6. The van der Waals surface area contributed by atoms with Gasteiger partial charge in [-0.1, -0.05) is 6.07 Å². The molecule has 1 aliphatic rings. The van der Waals surface area contributed by atoms with Gasteiger partial charge in [0.15, 0.2) is 0 Å². The van der Waals surface area contributed by atoms with Gasteiger partial charge in [-0.25, -0.2) is 0 Å². The number of benzene rings is 2. The summed E-state index contributed by atoms with van der Waals surface area (Å²) in [5.41, 5.74) is 3.24. The molecule has 2 aromatic carbocycles. The molecule has 1 saturated heterocycles. The van der Waals surface area contributed by atoms with E-state index in [-0.39, 0.29) is 11.8 Å². The molecule has 0 unspecified atom stereocenters. The van der Waals surface area contributed by atoms with Crippen LogP contribution in [0.5, 0.6) is 0 Å². The quantitative estimate of drug-likeness (QED) is 0.858. The summed E-state index contributed by atoms with van der Waals surface area (Å²) in [4.78, 5) is 28.5. The standard InChI is InChI=1S/C21H25N3O2/c1-3-23(4-2)18-12-10-17(11-13-18)22-21(26)16-7-5-8-19(15-16)24-14-6-9-20(24)25/h5,7-8,10-13,15H,3-4,6,9,14H2,1-2H3,(H,22,26). The molecule has 0 radical (unpaired) electrons. The van der Waals surface area contributed by atoms with Crippen LogP contribution in [0.3, 0.4) is 0 Å². The molecule has 0 bridgehead atoms. The molecule has 26 heavy (non-hydrogen) atoms.